The zero-order valence-electron chi connectivity index (χ0n) is 21.2. The Morgan fingerprint density at radius 3 is 1.86 bits per heavy atom. The molecule has 3 rings (SSSR count). The van der Waals surface area contributed by atoms with Gasteiger partial charge in [-0.15, -0.1) is 0 Å². The molecule has 35 heavy (non-hydrogen) atoms. The maximum Gasteiger partial charge on any atom is 0.306 e. The van der Waals surface area contributed by atoms with Crippen LogP contribution in [0.15, 0.2) is 84.9 Å². The minimum absolute atomic E-state index is 0.0752. The molecule has 0 aliphatic carbocycles. The number of rotatable bonds is 12. The summed E-state index contributed by atoms with van der Waals surface area (Å²) in [5.74, 6) is 1.32. The van der Waals surface area contributed by atoms with Crippen LogP contribution in [0.5, 0.6) is 5.75 Å². The average Bonchev–Trinajstić information content (AvgIpc) is 2.93. The van der Waals surface area contributed by atoms with E-state index in [2.05, 4.69) is 13.8 Å². The van der Waals surface area contributed by atoms with Gasteiger partial charge in [-0.2, -0.15) is 0 Å². The number of unbranched alkanes of at least 4 members (excludes halogenated alkanes) is 1. The third kappa shape index (κ3) is 10.6. The van der Waals surface area contributed by atoms with Crippen molar-refractivity contribution in [1.29, 1.82) is 0 Å². The second-order valence-electron chi connectivity index (χ2n) is 8.51. The Kier molecular flexibility index (Phi) is 12.9. The van der Waals surface area contributed by atoms with E-state index in [0.717, 1.165) is 35.3 Å². The monoisotopic (exact) mass is 474 g/mol. The zero-order chi connectivity index (χ0) is 25.3. The number of hydrogen-bond donors (Lipinski definition) is 0. The van der Waals surface area contributed by atoms with Crippen LogP contribution >= 0.6 is 0 Å². The summed E-state index contributed by atoms with van der Waals surface area (Å²) in [4.78, 5) is 23.6. The summed E-state index contributed by atoms with van der Waals surface area (Å²) in [6.45, 7) is 4.91. The highest BCUT2D eigenvalue weighted by atomic mass is 16.5. The molecule has 0 heterocycles. The first-order chi connectivity index (χ1) is 17.1. The number of esters is 1. The van der Waals surface area contributed by atoms with E-state index in [0.29, 0.717) is 25.4 Å². The van der Waals surface area contributed by atoms with Crippen LogP contribution in [-0.4, -0.2) is 25.5 Å². The van der Waals surface area contributed by atoms with Gasteiger partial charge in [0.05, 0.1) is 13.7 Å². The van der Waals surface area contributed by atoms with Crippen LogP contribution < -0.4 is 4.74 Å². The predicted octanol–water partition coefficient (Wildman–Crippen LogP) is 7.31. The molecule has 0 radical (unpaired) electrons. The van der Waals surface area contributed by atoms with Gasteiger partial charge in [-0.25, -0.2) is 0 Å². The lowest BCUT2D eigenvalue weighted by atomic mass is 10.0. The third-order valence-electron chi connectivity index (χ3n) is 5.87. The Labute approximate surface area is 210 Å². The number of benzene rings is 3. The Morgan fingerprint density at radius 1 is 0.800 bits per heavy atom. The van der Waals surface area contributed by atoms with Crippen LogP contribution in [-0.2, 0) is 16.0 Å². The Hall–Kier alpha value is -3.40. The van der Waals surface area contributed by atoms with Gasteiger partial charge in [0.2, 0.25) is 0 Å². The summed E-state index contributed by atoms with van der Waals surface area (Å²) in [5.41, 5.74) is 2.60. The smallest absolute Gasteiger partial charge is 0.306 e. The van der Waals surface area contributed by atoms with E-state index in [1.165, 1.54) is 12.8 Å². The fourth-order valence-corrected chi connectivity index (χ4v) is 3.57. The maximum atomic E-state index is 11.8. The Balaban J connectivity index is 0.000000266. The van der Waals surface area contributed by atoms with Gasteiger partial charge in [0.1, 0.15) is 5.75 Å². The molecule has 0 N–H and O–H groups in total. The van der Waals surface area contributed by atoms with E-state index in [9.17, 15) is 9.59 Å². The number of hydrogen-bond acceptors (Lipinski definition) is 4. The average molecular weight is 475 g/mol. The van der Waals surface area contributed by atoms with Crippen molar-refractivity contribution in [2.75, 3.05) is 13.7 Å². The van der Waals surface area contributed by atoms with Gasteiger partial charge in [-0.05, 0) is 36.5 Å². The summed E-state index contributed by atoms with van der Waals surface area (Å²) in [6, 6.07) is 26.4. The molecule has 4 nitrogen and oxygen atoms in total. The van der Waals surface area contributed by atoms with Crippen molar-refractivity contribution in [3.8, 4) is 5.75 Å². The van der Waals surface area contributed by atoms with Gasteiger partial charge in [0.15, 0.2) is 5.78 Å². The van der Waals surface area contributed by atoms with Gasteiger partial charge in [0, 0.05) is 17.5 Å². The standard InChI is InChI=1S/C18H28O3.C13H10O/c1-4-6-7-15(5-2)14-21-18(19)13-10-16-8-11-17(20-3)12-9-16;14-13(11-7-3-1-4-8-11)12-9-5-2-6-10-12/h8-9,11-12,15H,4-7,10,13-14H2,1-3H3;1-10H. The lowest BCUT2D eigenvalue weighted by Gasteiger charge is -2.14. The van der Waals surface area contributed by atoms with Crippen LogP contribution in [0.25, 0.3) is 0 Å². The quantitative estimate of drug-likeness (QED) is 0.204. The molecule has 0 saturated heterocycles. The van der Waals surface area contributed by atoms with Crippen molar-refractivity contribution in [3.63, 3.8) is 0 Å². The zero-order valence-corrected chi connectivity index (χ0v) is 21.2. The van der Waals surface area contributed by atoms with Crippen molar-refractivity contribution in [2.45, 2.75) is 52.4 Å². The van der Waals surface area contributed by atoms with E-state index in [-0.39, 0.29) is 11.8 Å². The summed E-state index contributed by atoms with van der Waals surface area (Å²) < 4.78 is 10.5. The molecule has 0 spiro atoms. The topological polar surface area (TPSA) is 52.6 Å². The lowest BCUT2D eigenvalue weighted by molar-refractivity contribution is -0.145. The molecule has 0 fully saturated rings. The minimum Gasteiger partial charge on any atom is -0.497 e. The van der Waals surface area contributed by atoms with Crippen molar-refractivity contribution in [3.05, 3.63) is 102 Å². The first-order valence-corrected chi connectivity index (χ1v) is 12.5. The molecule has 1 atom stereocenters. The van der Waals surface area contributed by atoms with E-state index in [1.807, 2.05) is 84.9 Å². The highest BCUT2D eigenvalue weighted by Gasteiger charge is 2.10. The highest BCUT2D eigenvalue weighted by Crippen LogP contribution is 2.15. The van der Waals surface area contributed by atoms with Crippen molar-refractivity contribution in [1.82, 2.24) is 0 Å². The van der Waals surface area contributed by atoms with Gasteiger partial charge in [-0.1, -0.05) is 106 Å². The molecule has 0 aromatic heterocycles. The SMILES string of the molecule is CCCCC(CC)COC(=O)CCc1ccc(OC)cc1.O=C(c1ccccc1)c1ccccc1. The van der Waals surface area contributed by atoms with Gasteiger partial charge >= 0.3 is 5.97 Å². The van der Waals surface area contributed by atoms with Crippen LogP contribution in [0.3, 0.4) is 0 Å². The minimum atomic E-state index is -0.0965. The molecule has 0 saturated carbocycles. The number of ketones is 1. The van der Waals surface area contributed by atoms with E-state index >= 15 is 0 Å². The Bertz CT molecular complexity index is 940. The third-order valence-corrected chi connectivity index (χ3v) is 5.87. The van der Waals surface area contributed by atoms with Crippen LogP contribution in [0.2, 0.25) is 0 Å². The number of carbonyl (C=O) groups excluding carboxylic acids is 2. The van der Waals surface area contributed by atoms with E-state index in [1.54, 1.807) is 7.11 Å². The number of methoxy groups -OCH3 is 1. The highest BCUT2D eigenvalue weighted by molar-refractivity contribution is 6.08. The van der Waals surface area contributed by atoms with Crippen molar-refractivity contribution >= 4 is 11.8 Å². The van der Waals surface area contributed by atoms with E-state index in [4.69, 9.17) is 9.47 Å². The molecule has 1 unspecified atom stereocenters. The normalized spacial score (nSPS) is 11.1. The second kappa shape index (κ2) is 16.3. The molecule has 3 aromatic carbocycles. The number of ether oxygens (including phenoxy) is 2. The molecular weight excluding hydrogens is 436 g/mol. The molecule has 0 amide bonds. The van der Waals surface area contributed by atoms with Gasteiger partial charge in [0.25, 0.3) is 0 Å². The number of aryl methyl sites for hydroxylation is 1. The first kappa shape index (κ1) is 27.8. The number of carbonyl (C=O) groups is 2. The second-order valence-corrected chi connectivity index (χ2v) is 8.51. The Morgan fingerprint density at radius 2 is 1.37 bits per heavy atom. The van der Waals surface area contributed by atoms with Crippen molar-refractivity contribution < 1.29 is 19.1 Å². The molecule has 3 aromatic rings. The largest absolute Gasteiger partial charge is 0.497 e. The molecule has 4 heteroatoms. The fraction of sp³-hybridized carbons (Fsp3) is 0.355. The lowest BCUT2D eigenvalue weighted by Crippen LogP contribution is -2.14. The van der Waals surface area contributed by atoms with Gasteiger partial charge < -0.3 is 9.47 Å². The van der Waals surface area contributed by atoms with Crippen LogP contribution in [0, 0.1) is 5.92 Å². The van der Waals surface area contributed by atoms with Crippen molar-refractivity contribution in [2.24, 2.45) is 5.92 Å². The summed E-state index contributed by atoms with van der Waals surface area (Å²) in [7, 11) is 1.65. The first-order valence-electron chi connectivity index (χ1n) is 12.5. The summed E-state index contributed by atoms with van der Waals surface area (Å²) >= 11 is 0. The predicted molar refractivity (Wildman–Crippen MR) is 142 cm³/mol. The van der Waals surface area contributed by atoms with Crippen LogP contribution in [0.4, 0.5) is 0 Å². The fourth-order valence-electron chi connectivity index (χ4n) is 3.57. The molecular formula is C31H38O4. The van der Waals surface area contributed by atoms with Crippen LogP contribution in [0.1, 0.15) is 67.4 Å². The van der Waals surface area contributed by atoms with Gasteiger partial charge in [-0.3, -0.25) is 9.59 Å². The summed E-state index contributed by atoms with van der Waals surface area (Å²) in [6.07, 6.45) is 5.79. The molecule has 0 aliphatic rings. The molecule has 0 bridgehead atoms. The molecule has 0 aliphatic heterocycles. The maximum absolute atomic E-state index is 11.8. The molecule has 186 valence electrons. The van der Waals surface area contributed by atoms with E-state index < -0.39 is 0 Å². The summed E-state index contributed by atoms with van der Waals surface area (Å²) in [5, 5.41) is 0.